The second-order valence-corrected chi connectivity index (χ2v) is 7.25. The fraction of sp³-hybridized carbons (Fsp3) is 0.846. The van der Waals surface area contributed by atoms with Gasteiger partial charge in [-0.3, -0.25) is 4.79 Å². The molecule has 0 saturated carbocycles. The van der Waals surface area contributed by atoms with E-state index in [1.807, 2.05) is 6.92 Å². The fourth-order valence-corrected chi connectivity index (χ4v) is 2.36. The van der Waals surface area contributed by atoms with Gasteiger partial charge in [0.15, 0.2) is 0 Å². The van der Waals surface area contributed by atoms with Gasteiger partial charge in [0.05, 0.1) is 25.0 Å². The van der Waals surface area contributed by atoms with Crippen LogP contribution < -0.4 is 10.0 Å². The lowest BCUT2D eigenvalue weighted by molar-refractivity contribution is -0.143. The quantitative estimate of drug-likeness (QED) is 0.485. The number of rotatable bonds is 11. The first-order valence-corrected chi connectivity index (χ1v) is 8.85. The Morgan fingerprint density at radius 3 is 2.27 bits per heavy atom. The molecule has 0 aromatic rings. The maximum atomic E-state index is 11.7. The summed E-state index contributed by atoms with van der Waals surface area (Å²) in [7, 11) is -3.64. The molecule has 0 saturated heterocycles. The van der Waals surface area contributed by atoms with Gasteiger partial charge < -0.3 is 15.2 Å². The Balaban J connectivity index is 4.34. The molecule has 8 nitrogen and oxygen atoms in total. The first-order valence-electron chi connectivity index (χ1n) is 7.20. The predicted molar refractivity (Wildman–Crippen MR) is 81.9 cm³/mol. The van der Waals surface area contributed by atoms with Crippen molar-refractivity contribution in [2.24, 2.45) is 5.92 Å². The van der Waals surface area contributed by atoms with E-state index in [9.17, 15) is 18.0 Å². The van der Waals surface area contributed by atoms with Crippen LogP contribution in [0.15, 0.2) is 0 Å². The van der Waals surface area contributed by atoms with Crippen molar-refractivity contribution in [2.75, 3.05) is 18.9 Å². The Morgan fingerprint density at radius 2 is 1.82 bits per heavy atom. The first-order chi connectivity index (χ1) is 10.1. The van der Waals surface area contributed by atoms with Crippen LogP contribution in [0.5, 0.6) is 0 Å². The van der Waals surface area contributed by atoms with E-state index in [1.165, 1.54) is 0 Å². The summed E-state index contributed by atoms with van der Waals surface area (Å²) in [4.78, 5) is 22.7. The van der Waals surface area contributed by atoms with Crippen LogP contribution in [0.4, 0.5) is 0 Å². The molecule has 9 heteroatoms. The van der Waals surface area contributed by atoms with Gasteiger partial charge in [-0.2, -0.15) is 0 Å². The highest BCUT2D eigenvalue weighted by Gasteiger charge is 2.25. The van der Waals surface area contributed by atoms with Gasteiger partial charge in [-0.05, 0) is 19.8 Å². The monoisotopic (exact) mass is 338 g/mol. The summed E-state index contributed by atoms with van der Waals surface area (Å²) >= 11 is 0. The van der Waals surface area contributed by atoms with Crippen molar-refractivity contribution in [2.45, 2.75) is 46.3 Å². The average Bonchev–Trinajstić information content (AvgIpc) is 2.40. The van der Waals surface area contributed by atoms with E-state index in [1.54, 1.807) is 20.8 Å². The minimum atomic E-state index is -3.64. The molecule has 0 aromatic carbocycles. The number of hydrogen-bond acceptors (Lipinski definition) is 5. The summed E-state index contributed by atoms with van der Waals surface area (Å²) in [5.74, 6) is -2.33. The van der Waals surface area contributed by atoms with E-state index in [2.05, 4.69) is 10.0 Å². The van der Waals surface area contributed by atoms with E-state index in [0.29, 0.717) is 6.42 Å². The Hall–Kier alpha value is -1.19. The zero-order chi connectivity index (χ0) is 17.3. The smallest absolute Gasteiger partial charge is 0.326 e. The number of sulfonamides is 1. The molecule has 0 fully saturated rings. The van der Waals surface area contributed by atoms with Gasteiger partial charge in [0.2, 0.25) is 15.9 Å². The number of carboxylic acid groups (broad SMARTS) is 1. The van der Waals surface area contributed by atoms with Crippen LogP contribution in [0.2, 0.25) is 0 Å². The summed E-state index contributed by atoms with van der Waals surface area (Å²) in [5, 5.41) is 11.4. The van der Waals surface area contributed by atoms with Crippen LogP contribution in [0.3, 0.4) is 0 Å². The molecule has 0 aliphatic heterocycles. The SMILES string of the molecule is CCC(C)C(NC(=O)CNS(=O)(=O)CCOC(C)C)C(=O)O. The molecule has 0 radical (unpaired) electrons. The van der Waals surface area contributed by atoms with Crippen molar-refractivity contribution < 1.29 is 27.9 Å². The highest BCUT2D eigenvalue weighted by Crippen LogP contribution is 2.07. The van der Waals surface area contributed by atoms with Gasteiger partial charge in [0.1, 0.15) is 6.04 Å². The lowest BCUT2D eigenvalue weighted by Crippen LogP contribution is -2.48. The molecule has 0 aliphatic rings. The van der Waals surface area contributed by atoms with Crippen LogP contribution in [0, 0.1) is 5.92 Å². The Morgan fingerprint density at radius 1 is 1.23 bits per heavy atom. The lowest BCUT2D eigenvalue weighted by Gasteiger charge is -2.20. The molecule has 0 bridgehead atoms. The molecule has 0 aromatic heterocycles. The van der Waals surface area contributed by atoms with Gasteiger partial charge in [0, 0.05) is 0 Å². The number of amides is 1. The fourth-order valence-electron chi connectivity index (χ4n) is 1.55. The molecule has 130 valence electrons. The maximum Gasteiger partial charge on any atom is 0.326 e. The molecular formula is C13H26N2O6S. The van der Waals surface area contributed by atoms with Gasteiger partial charge in [-0.1, -0.05) is 20.3 Å². The van der Waals surface area contributed by atoms with Gasteiger partial charge >= 0.3 is 5.97 Å². The molecular weight excluding hydrogens is 312 g/mol. The number of carbonyl (C=O) groups excluding carboxylic acids is 1. The largest absolute Gasteiger partial charge is 0.480 e. The molecule has 0 rings (SSSR count). The third-order valence-corrected chi connectivity index (χ3v) is 4.34. The minimum Gasteiger partial charge on any atom is -0.480 e. The van der Waals surface area contributed by atoms with Crippen molar-refractivity contribution in [3.63, 3.8) is 0 Å². The van der Waals surface area contributed by atoms with Crippen molar-refractivity contribution in [3.05, 3.63) is 0 Å². The highest BCUT2D eigenvalue weighted by atomic mass is 32.2. The maximum absolute atomic E-state index is 11.7. The Labute approximate surface area is 131 Å². The molecule has 2 atom stereocenters. The molecule has 0 aliphatic carbocycles. The topological polar surface area (TPSA) is 122 Å². The zero-order valence-corrected chi connectivity index (χ0v) is 14.3. The number of ether oxygens (including phenoxy) is 1. The van der Waals surface area contributed by atoms with Crippen LogP contribution in [-0.4, -0.2) is 56.5 Å². The third kappa shape index (κ3) is 8.96. The van der Waals surface area contributed by atoms with Gasteiger partial charge in [-0.15, -0.1) is 0 Å². The van der Waals surface area contributed by atoms with Crippen molar-refractivity contribution in [1.29, 1.82) is 0 Å². The molecule has 3 N–H and O–H groups in total. The van der Waals surface area contributed by atoms with Crippen LogP contribution in [0.25, 0.3) is 0 Å². The molecule has 1 amide bonds. The number of hydrogen-bond donors (Lipinski definition) is 3. The second-order valence-electron chi connectivity index (χ2n) is 5.33. The highest BCUT2D eigenvalue weighted by molar-refractivity contribution is 7.89. The molecule has 2 unspecified atom stereocenters. The Bertz CT molecular complexity index is 463. The predicted octanol–water partition coefficient (Wildman–Crippen LogP) is -0.0537. The van der Waals surface area contributed by atoms with Crippen molar-refractivity contribution >= 4 is 21.9 Å². The Kier molecular flexibility index (Phi) is 9.22. The summed E-state index contributed by atoms with van der Waals surface area (Å²) in [5.41, 5.74) is 0. The normalized spacial score (nSPS) is 14.6. The summed E-state index contributed by atoms with van der Waals surface area (Å²) in [6.07, 6.45) is 0.501. The average molecular weight is 338 g/mol. The molecule has 22 heavy (non-hydrogen) atoms. The van der Waals surface area contributed by atoms with Crippen LogP contribution >= 0.6 is 0 Å². The lowest BCUT2D eigenvalue weighted by atomic mass is 9.99. The van der Waals surface area contributed by atoms with E-state index in [4.69, 9.17) is 9.84 Å². The van der Waals surface area contributed by atoms with E-state index in [-0.39, 0.29) is 24.4 Å². The summed E-state index contributed by atoms with van der Waals surface area (Å²) in [6, 6.07) is -1.04. The number of nitrogens with one attached hydrogen (secondary N) is 2. The number of carboxylic acids is 1. The number of aliphatic carboxylic acids is 1. The number of carbonyl (C=O) groups is 2. The van der Waals surface area contributed by atoms with Crippen molar-refractivity contribution in [3.8, 4) is 0 Å². The van der Waals surface area contributed by atoms with Crippen LogP contribution in [0.1, 0.15) is 34.1 Å². The summed E-state index contributed by atoms with van der Waals surface area (Å²) < 4.78 is 30.5. The molecule has 0 spiro atoms. The standard InChI is InChI=1S/C13H26N2O6S/c1-5-10(4)12(13(17)18)15-11(16)8-14-22(19,20)7-6-21-9(2)3/h9-10,12,14H,5-8H2,1-4H3,(H,15,16)(H,17,18). The van der Waals surface area contributed by atoms with E-state index < -0.39 is 34.5 Å². The molecule has 0 heterocycles. The third-order valence-electron chi connectivity index (χ3n) is 3.05. The first kappa shape index (κ1) is 20.8. The van der Waals surface area contributed by atoms with Gasteiger partial charge in [0.25, 0.3) is 0 Å². The van der Waals surface area contributed by atoms with Gasteiger partial charge in [-0.25, -0.2) is 17.9 Å². The van der Waals surface area contributed by atoms with E-state index >= 15 is 0 Å². The minimum absolute atomic E-state index is 0.0270. The van der Waals surface area contributed by atoms with Crippen molar-refractivity contribution in [1.82, 2.24) is 10.0 Å². The van der Waals surface area contributed by atoms with Crippen LogP contribution in [-0.2, 0) is 24.3 Å². The van der Waals surface area contributed by atoms with E-state index in [0.717, 1.165) is 0 Å². The second kappa shape index (κ2) is 9.75. The zero-order valence-electron chi connectivity index (χ0n) is 13.5. The summed E-state index contributed by atoms with van der Waals surface area (Å²) in [6.45, 7) is 6.61.